The number of benzene rings is 1. The summed E-state index contributed by atoms with van der Waals surface area (Å²) in [6, 6.07) is 9.91. The van der Waals surface area contributed by atoms with Crippen LogP contribution in [-0.4, -0.2) is 12.6 Å². The minimum absolute atomic E-state index is 0.104. The van der Waals surface area contributed by atoms with Gasteiger partial charge in [0.05, 0.1) is 12.0 Å². The number of hydrogen-bond acceptors (Lipinski definition) is 2. The Morgan fingerprint density at radius 1 is 1.18 bits per heavy atom. The van der Waals surface area contributed by atoms with Crippen LogP contribution in [0.3, 0.4) is 0 Å². The van der Waals surface area contributed by atoms with Crippen molar-refractivity contribution >= 4 is 5.97 Å². The van der Waals surface area contributed by atoms with Crippen LogP contribution in [0.4, 0.5) is 0 Å². The fourth-order valence-electron chi connectivity index (χ4n) is 2.02. The summed E-state index contributed by atoms with van der Waals surface area (Å²) >= 11 is 0. The Morgan fingerprint density at radius 2 is 1.82 bits per heavy atom. The second-order valence-corrected chi connectivity index (χ2v) is 4.58. The second-order valence-electron chi connectivity index (χ2n) is 4.58. The van der Waals surface area contributed by atoms with Crippen molar-refractivity contribution in [1.29, 1.82) is 0 Å². The van der Waals surface area contributed by atoms with Crippen LogP contribution < -0.4 is 0 Å². The summed E-state index contributed by atoms with van der Waals surface area (Å²) in [5.74, 6) is -0.104. The molecule has 2 nitrogen and oxygen atoms in total. The molecular formula is C15H22O2. The van der Waals surface area contributed by atoms with Gasteiger partial charge in [0.1, 0.15) is 0 Å². The van der Waals surface area contributed by atoms with Gasteiger partial charge in [-0.05, 0) is 25.3 Å². The van der Waals surface area contributed by atoms with E-state index in [-0.39, 0.29) is 5.97 Å². The zero-order chi connectivity index (χ0) is 12.7. The molecular weight excluding hydrogens is 212 g/mol. The van der Waals surface area contributed by atoms with Crippen LogP contribution in [0.15, 0.2) is 30.3 Å². The van der Waals surface area contributed by atoms with Crippen LogP contribution in [0, 0.1) is 0 Å². The zero-order valence-electron chi connectivity index (χ0n) is 11.0. The summed E-state index contributed by atoms with van der Waals surface area (Å²) in [7, 11) is 0. The Bertz CT molecular complexity index is 345. The van der Waals surface area contributed by atoms with Crippen molar-refractivity contribution in [3.05, 3.63) is 35.9 Å². The van der Waals surface area contributed by atoms with E-state index in [2.05, 4.69) is 6.92 Å². The maximum Gasteiger partial charge on any atom is 0.316 e. The molecule has 17 heavy (non-hydrogen) atoms. The quantitative estimate of drug-likeness (QED) is 0.701. The molecule has 0 N–H and O–H groups in total. The third kappa shape index (κ3) is 3.32. The highest BCUT2D eigenvalue weighted by molar-refractivity contribution is 5.82. The Labute approximate surface area is 104 Å². The van der Waals surface area contributed by atoms with Gasteiger partial charge in [0, 0.05) is 0 Å². The monoisotopic (exact) mass is 234 g/mol. The minimum atomic E-state index is -0.509. The summed E-state index contributed by atoms with van der Waals surface area (Å²) in [5.41, 5.74) is 0.536. The van der Waals surface area contributed by atoms with E-state index in [0.717, 1.165) is 24.8 Å². The first-order chi connectivity index (χ1) is 8.15. The standard InChI is InChI=1S/C15H22O2/c1-4-11-15(3,14(16)17-12-5-2)13-9-7-6-8-10-13/h6-10H,4-5,11-12H2,1-3H3. The van der Waals surface area contributed by atoms with Crippen molar-refractivity contribution in [2.45, 2.75) is 45.4 Å². The highest BCUT2D eigenvalue weighted by Crippen LogP contribution is 2.30. The molecule has 0 spiro atoms. The van der Waals surface area contributed by atoms with Gasteiger partial charge in [0.2, 0.25) is 0 Å². The lowest BCUT2D eigenvalue weighted by atomic mass is 9.79. The first kappa shape index (κ1) is 13.8. The van der Waals surface area contributed by atoms with E-state index in [4.69, 9.17) is 4.74 Å². The van der Waals surface area contributed by atoms with E-state index >= 15 is 0 Å². The van der Waals surface area contributed by atoms with Crippen molar-refractivity contribution in [3.8, 4) is 0 Å². The molecule has 0 aliphatic carbocycles. The normalized spacial score (nSPS) is 14.1. The third-order valence-corrected chi connectivity index (χ3v) is 3.05. The minimum Gasteiger partial charge on any atom is -0.465 e. The molecule has 0 heterocycles. The molecule has 0 amide bonds. The van der Waals surface area contributed by atoms with Crippen LogP contribution in [-0.2, 0) is 14.9 Å². The van der Waals surface area contributed by atoms with Crippen LogP contribution in [0.25, 0.3) is 0 Å². The Kier molecular flexibility index (Phi) is 5.20. The maximum absolute atomic E-state index is 12.2. The lowest BCUT2D eigenvalue weighted by molar-refractivity contribution is -0.150. The van der Waals surface area contributed by atoms with E-state index < -0.39 is 5.41 Å². The van der Waals surface area contributed by atoms with E-state index in [1.54, 1.807) is 0 Å². The van der Waals surface area contributed by atoms with Gasteiger partial charge in [0.15, 0.2) is 0 Å². The molecule has 1 unspecified atom stereocenters. The van der Waals surface area contributed by atoms with Gasteiger partial charge >= 0.3 is 5.97 Å². The Hall–Kier alpha value is -1.31. The second kappa shape index (κ2) is 6.43. The molecule has 0 bridgehead atoms. The number of carbonyl (C=O) groups excluding carboxylic acids is 1. The van der Waals surface area contributed by atoms with Gasteiger partial charge in [-0.15, -0.1) is 0 Å². The highest BCUT2D eigenvalue weighted by atomic mass is 16.5. The number of carbonyl (C=O) groups is 1. The molecule has 0 saturated carbocycles. The molecule has 1 aromatic rings. The summed E-state index contributed by atoms with van der Waals surface area (Å²) in [5, 5.41) is 0. The highest BCUT2D eigenvalue weighted by Gasteiger charge is 2.35. The topological polar surface area (TPSA) is 26.3 Å². The molecule has 0 fully saturated rings. The SMILES string of the molecule is CCCOC(=O)C(C)(CCC)c1ccccc1. The van der Waals surface area contributed by atoms with Gasteiger partial charge in [-0.3, -0.25) is 4.79 Å². The zero-order valence-corrected chi connectivity index (χ0v) is 11.0. The molecule has 1 aromatic carbocycles. The Morgan fingerprint density at radius 3 is 2.35 bits per heavy atom. The van der Waals surface area contributed by atoms with Crippen molar-refractivity contribution in [2.75, 3.05) is 6.61 Å². The van der Waals surface area contributed by atoms with Crippen LogP contribution >= 0.6 is 0 Å². The maximum atomic E-state index is 12.2. The van der Waals surface area contributed by atoms with Crippen LogP contribution in [0.1, 0.15) is 45.6 Å². The number of ether oxygens (including phenoxy) is 1. The van der Waals surface area contributed by atoms with Crippen LogP contribution in [0.5, 0.6) is 0 Å². The van der Waals surface area contributed by atoms with Gasteiger partial charge in [-0.25, -0.2) is 0 Å². The van der Waals surface area contributed by atoms with Crippen molar-refractivity contribution < 1.29 is 9.53 Å². The predicted octanol–water partition coefficient (Wildman–Crippen LogP) is 3.70. The first-order valence-electron chi connectivity index (χ1n) is 6.38. The lowest BCUT2D eigenvalue weighted by Gasteiger charge is -2.27. The molecule has 0 aromatic heterocycles. The molecule has 2 heteroatoms. The molecule has 0 radical (unpaired) electrons. The number of rotatable bonds is 6. The van der Waals surface area contributed by atoms with E-state index in [1.165, 1.54) is 0 Å². The fourth-order valence-corrected chi connectivity index (χ4v) is 2.02. The number of hydrogen-bond donors (Lipinski definition) is 0. The van der Waals surface area contributed by atoms with Crippen molar-refractivity contribution in [2.24, 2.45) is 0 Å². The average molecular weight is 234 g/mol. The summed E-state index contributed by atoms with van der Waals surface area (Å²) in [6.45, 7) is 6.58. The summed E-state index contributed by atoms with van der Waals surface area (Å²) in [6.07, 6.45) is 2.65. The Balaban J connectivity index is 2.93. The van der Waals surface area contributed by atoms with Crippen LogP contribution in [0.2, 0.25) is 0 Å². The van der Waals surface area contributed by atoms with Crippen molar-refractivity contribution in [3.63, 3.8) is 0 Å². The fraction of sp³-hybridized carbons (Fsp3) is 0.533. The van der Waals surface area contributed by atoms with Gasteiger partial charge < -0.3 is 4.74 Å². The third-order valence-electron chi connectivity index (χ3n) is 3.05. The van der Waals surface area contributed by atoms with E-state index in [1.807, 2.05) is 44.2 Å². The van der Waals surface area contributed by atoms with E-state index in [9.17, 15) is 4.79 Å². The molecule has 0 aliphatic heterocycles. The van der Waals surface area contributed by atoms with Gasteiger partial charge in [-0.2, -0.15) is 0 Å². The molecule has 0 aliphatic rings. The number of esters is 1. The van der Waals surface area contributed by atoms with Crippen molar-refractivity contribution in [1.82, 2.24) is 0 Å². The first-order valence-corrected chi connectivity index (χ1v) is 6.38. The molecule has 1 atom stereocenters. The van der Waals surface area contributed by atoms with Gasteiger partial charge in [-0.1, -0.05) is 50.6 Å². The smallest absolute Gasteiger partial charge is 0.316 e. The molecule has 0 saturated heterocycles. The molecule has 94 valence electrons. The predicted molar refractivity (Wildman–Crippen MR) is 70.0 cm³/mol. The summed E-state index contributed by atoms with van der Waals surface area (Å²) < 4.78 is 5.32. The molecule has 1 rings (SSSR count). The van der Waals surface area contributed by atoms with Gasteiger partial charge in [0.25, 0.3) is 0 Å². The lowest BCUT2D eigenvalue weighted by Crippen LogP contribution is -2.34. The summed E-state index contributed by atoms with van der Waals surface area (Å²) in [4.78, 5) is 12.2. The largest absolute Gasteiger partial charge is 0.465 e. The average Bonchev–Trinajstić information content (AvgIpc) is 2.37. The van der Waals surface area contributed by atoms with E-state index in [0.29, 0.717) is 6.61 Å².